The topological polar surface area (TPSA) is 58.2 Å². The van der Waals surface area contributed by atoms with E-state index >= 15 is 0 Å². The molecular weight excluding hydrogens is 356 g/mol. The summed E-state index contributed by atoms with van der Waals surface area (Å²) in [6, 6.07) is 22.6. The first-order valence-corrected chi connectivity index (χ1v) is 9.51. The highest BCUT2D eigenvalue weighted by molar-refractivity contribution is 7.99. The molecular formula is C22H18N2O2S. The Balaban J connectivity index is 1.57. The van der Waals surface area contributed by atoms with Gasteiger partial charge in [-0.3, -0.25) is 9.59 Å². The first-order valence-electron chi connectivity index (χ1n) is 8.70. The first kappa shape index (κ1) is 17.4. The van der Waals surface area contributed by atoms with Crippen molar-refractivity contribution in [3.63, 3.8) is 0 Å². The second-order valence-electron chi connectivity index (χ2n) is 6.37. The van der Waals surface area contributed by atoms with Gasteiger partial charge in [-0.15, -0.1) is 0 Å². The van der Waals surface area contributed by atoms with E-state index in [-0.39, 0.29) is 17.9 Å². The van der Waals surface area contributed by atoms with E-state index in [1.165, 1.54) is 11.8 Å². The molecule has 0 bridgehead atoms. The molecule has 1 unspecified atom stereocenters. The van der Waals surface area contributed by atoms with Gasteiger partial charge >= 0.3 is 0 Å². The lowest BCUT2D eigenvalue weighted by Crippen LogP contribution is -2.26. The van der Waals surface area contributed by atoms with Gasteiger partial charge in [-0.1, -0.05) is 54.2 Å². The summed E-state index contributed by atoms with van der Waals surface area (Å²) in [7, 11) is 0. The Morgan fingerprint density at radius 2 is 1.70 bits per heavy atom. The molecule has 0 aromatic heterocycles. The molecule has 0 saturated carbocycles. The van der Waals surface area contributed by atoms with Crippen LogP contribution in [0, 0.1) is 0 Å². The molecule has 2 N–H and O–H groups in total. The third-order valence-electron chi connectivity index (χ3n) is 4.49. The average Bonchev–Trinajstić information content (AvgIpc) is 2.84. The molecule has 3 aromatic rings. The average molecular weight is 374 g/mol. The highest BCUT2D eigenvalue weighted by Gasteiger charge is 2.21. The van der Waals surface area contributed by atoms with Gasteiger partial charge in [0, 0.05) is 15.4 Å². The van der Waals surface area contributed by atoms with Crippen molar-refractivity contribution < 1.29 is 9.59 Å². The number of amides is 2. The molecule has 0 aliphatic carbocycles. The van der Waals surface area contributed by atoms with Crippen LogP contribution in [-0.4, -0.2) is 11.8 Å². The summed E-state index contributed by atoms with van der Waals surface area (Å²) in [6.45, 7) is 1.95. The number of fused-ring (bicyclic) bond motifs is 2. The van der Waals surface area contributed by atoms with Gasteiger partial charge in [0.25, 0.3) is 11.8 Å². The first-order chi connectivity index (χ1) is 13.1. The Bertz CT molecular complexity index is 1020. The second-order valence-corrected chi connectivity index (χ2v) is 7.45. The fourth-order valence-corrected chi connectivity index (χ4v) is 4.02. The van der Waals surface area contributed by atoms with Gasteiger partial charge in [-0.2, -0.15) is 0 Å². The van der Waals surface area contributed by atoms with E-state index < -0.39 is 0 Å². The van der Waals surface area contributed by atoms with Crippen molar-refractivity contribution in [2.45, 2.75) is 22.8 Å². The summed E-state index contributed by atoms with van der Waals surface area (Å²) in [5.74, 6) is -0.331. The molecule has 0 saturated heterocycles. The van der Waals surface area contributed by atoms with E-state index in [2.05, 4.69) is 10.6 Å². The van der Waals surface area contributed by atoms with Gasteiger partial charge in [0.05, 0.1) is 17.3 Å². The molecule has 0 radical (unpaired) electrons. The van der Waals surface area contributed by atoms with Crippen LogP contribution in [-0.2, 0) is 0 Å². The largest absolute Gasteiger partial charge is 0.346 e. The van der Waals surface area contributed by atoms with Crippen LogP contribution in [0.5, 0.6) is 0 Å². The summed E-state index contributed by atoms with van der Waals surface area (Å²) in [5.41, 5.74) is 2.85. The maximum atomic E-state index is 12.7. The fraction of sp³-hybridized carbons (Fsp3) is 0.0909. The van der Waals surface area contributed by atoms with Gasteiger partial charge in [-0.25, -0.2) is 0 Å². The smallest absolute Gasteiger partial charge is 0.256 e. The number of hydrogen-bond acceptors (Lipinski definition) is 3. The lowest BCUT2D eigenvalue weighted by molar-refractivity contribution is 0.0938. The summed E-state index contributed by atoms with van der Waals surface area (Å²) in [4.78, 5) is 27.0. The quantitative estimate of drug-likeness (QED) is 0.686. The number of benzene rings is 3. The van der Waals surface area contributed by atoms with Crippen LogP contribution < -0.4 is 10.6 Å². The van der Waals surface area contributed by atoms with Crippen molar-refractivity contribution in [3.05, 3.63) is 89.5 Å². The predicted octanol–water partition coefficient (Wildman–Crippen LogP) is 4.89. The number of hydrogen-bond donors (Lipinski definition) is 2. The Hall–Kier alpha value is -3.05. The van der Waals surface area contributed by atoms with Crippen LogP contribution in [0.2, 0.25) is 0 Å². The molecule has 3 aromatic carbocycles. The fourth-order valence-electron chi connectivity index (χ4n) is 3.01. The summed E-state index contributed by atoms with van der Waals surface area (Å²) in [5, 5.41) is 5.92. The van der Waals surface area contributed by atoms with E-state index in [4.69, 9.17) is 0 Å². The molecule has 4 nitrogen and oxygen atoms in total. The van der Waals surface area contributed by atoms with Gasteiger partial charge in [0.1, 0.15) is 0 Å². The lowest BCUT2D eigenvalue weighted by atomic mass is 10.1. The lowest BCUT2D eigenvalue weighted by Gasteiger charge is -2.15. The van der Waals surface area contributed by atoms with Crippen molar-refractivity contribution in [1.29, 1.82) is 0 Å². The van der Waals surface area contributed by atoms with Crippen molar-refractivity contribution in [1.82, 2.24) is 5.32 Å². The van der Waals surface area contributed by atoms with Crippen LogP contribution in [0.4, 0.5) is 5.69 Å². The SMILES string of the molecule is CC(NC(=O)c1ccc2c(c1)NC(=O)c1ccccc1S2)c1ccccc1. The summed E-state index contributed by atoms with van der Waals surface area (Å²) >= 11 is 1.52. The molecule has 1 aliphatic rings. The van der Waals surface area contributed by atoms with Crippen LogP contribution in [0.3, 0.4) is 0 Å². The molecule has 1 aliphatic heterocycles. The highest BCUT2D eigenvalue weighted by atomic mass is 32.2. The van der Waals surface area contributed by atoms with Crippen molar-refractivity contribution in [3.8, 4) is 0 Å². The molecule has 1 heterocycles. The van der Waals surface area contributed by atoms with Crippen LogP contribution in [0.15, 0.2) is 82.6 Å². The molecule has 2 amide bonds. The summed E-state index contributed by atoms with van der Waals surface area (Å²) in [6.07, 6.45) is 0. The molecule has 0 fully saturated rings. The zero-order valence-corrected chi connectivity index (χ0v) is 15.5. The minimum Gasteiger partial charge on any atom is -0.346 e. The maximum absolute atomic E-state index is 12.7. The van der Waals surface area contributed by atoms with Gasteiger partial charge in [0.2, 0.25) is 0 Å². The number of carbonyl (C=O) groups excluding carboxylic acids is 2. The predicted molar refractivity (Wildman–Crippen MR) is 107 cm³/mol. The van der Waals surface area contributed by atoms with Crippen LogP contribution in [0.25, 0.3) is 0 Å². The number of rotatable bonds is 3. The van der Waals surface area contributed by atoms with Gasteiger partial charge in [-0.05, 0) is 42.8 Å². The Morgan fingerprint density at radius 1 is 0.963 bits per heavy atom. The van der Waals surface area contributed by atoms with E-state index in [9.17, 15) is 9.59 Å². The molecule has 0 spiro atoms. The van der Waals surface area contributed by atoms with Gasteiger partial charge in [0.15, 0.2) is 0 Å². The van der Waals surface area contributed by atoms with Crippen LogP contribution in [0.1, 0.15) is 39.2 Å². The van der Waals surface area contributed by atoms with E-state index in [1.54, 1.807) is 18.2 Å². The van der Waals surface area contributed by atoms with Crippen molar-refractivity contribution in [2.24, 2.45) is 0 Å². The molecule has 134 valence electrons. The molecule has 27 heavy (non-hydrogen) atoms. The molecule has 5 heteroatoms. The number of nitrogens with one attached hydrogen (secondary N) is 2. The molecule has 1 atom stereocenters. The Kier molecular flexibility index (Phi) is 4.69. The van der Waals surface area contributed by atoms with E-state index in [0.29, 0.717) is 16.8 Å². The Morgan fingerprint density at radius 3 is 2.52 bits per heavy atom. The van der Waals surface area contributed by atoms with Gasteiger partial charge < -0.3 is 10.6 Å². The number of carbonyl (C=O) groups is 2. The van der Waals surface area contributed by atoms with E-state index in [0.717, 1.165) is 15.4 Å². The maximum Gasteiger partial charge on any atom is 0.256 e. The third-order valence-corrected chi connectivity index (χ3v) is 5.64. The third kappa shape index (κ3) is 3.59. The number of anilines is 1. The second kappa shape index (κ2) is 7.29. The zero-order chi connectivity index (χ0) is 18.8. The normalized spacial score (nSPS) is 13.6. The Labute approximate surface area is 162 Å². The minimum absolute atomic E-state index is 0.106. The van der Waals surface area contributed by atoms with E-state index in [1.807, 2.05) is 61.5 Å². The molecule has 4 rings (SSSR count). The summed E-state index contributed by atoms with van der Waals surface area (Å²) < 4.78 is 0. The zero-order valence-electron chi connectivity index (χ0n) is 14.7. The minimum atomic E-state index is -0.171. The van der Waals surface area contributed by atoms with Crippen molar-refractivity contribution >= 4 is 29.3 Å². The highest BCUT2D eigenvalue weighted by Crippen LogP contribution is 2.39. The standard InChI is InChI=1S/C22H18N2O2S/c1-14(15-7-3-2-4-8-15)23-21(25)16-11-12-20-18(13-16)24-22(26)17-9-5-6-10-19(17)27-20/h2-14H,1H3,(H,23,25)(H,24,26). The monoisotopic (exact) mass is 374 g/mol. The van der Waals surface area contributed by atoms with Crippen molar-refractivity contribution in [2.75, 3.05) is 5.32 Å². The van der Waals surface area contributed by atoms with Crippen LogP contribution >= 0.6 is 11.8 Å².